The summed E-state index contributed by atoms with van der Waals surface area (Å²) in [7, 11) is 2.13. The van der Waals surface area contributed by atoms with Crippen LogP contribution in [0.3, 0.4) is 0 Å². The molecule has 2 nitrogen and oxygen atoms in total. The Kier molecular flexibility index (Phi) is 4.43. The maximum atomic E-state index is 6.03. The van der Waals surface area contributed by atoms with E-state index in [0.717, 1.165) is 22.3 Å². The van der Waals surface area contributed by atoms with Gasteiger partial charge in [0.25, 0.3) is 0 Å². The summed E-state index contributed by atoms with van der Waals surface area (Å²) in [4.78, 5) is 3.69. The highest BCUT2D eigenvalue weighted by Crippen LogP contribution is 2.29. The second kappa shape index (κ2) is 5.87. The van der Waals surface area contributed by atoms with Crippen LogP contribution in [0.15, 0.2) is 40.2 Å². The van der Waals surface area contributed by atoms with Crippen LogP contribution in [-0.2, 0) is 6.54 Å². The molecule has 1 heterocycles. The number of anilines is 1. The summed E-state index contributed by atoms with van der Waals surface area (Å²) in [6, 6.07) is 10.6. The highest BCUT2D eigenvalue weighted by molar-refractivity contribution is 9.10. The lowest BCUT2D eigenvalue weighted by Crippen LogP contribution is -2.22. The van der Waals surface area contributed by atoms with E-state index in [1.165, 1.54) is 4.88 Å². The van der Waals surface area contributed by atoms with E-state index in [-0.39, 0.29) is 0 Å². The first-order chi connectivity index (χ1) is 8.59. The lowest BCUT2D eigenvalue weighted by atomic mass is 10.1. The molecule has 1 atom stereocenters. The lowest BCUT2D eigenvalue weighted by molar-refractivity contribution is 0.256. The van der Waals surface area contributed by atoms with Gasteiger partial charge in [0, 0.05) is 33.2 Å². The third-order valence-electron chi connectivity index (χ3n) is 3.18. The highest BCUT2D eigenvalue weighted by Gasteiger charge is 2.15. The van der Waals surface area contributed by atoms with Crippen LogP contribution in [0.25, 0.3) is 0 Å². The second-order valence-electron chi connectivity index (χ2n) is 4.41. The molecule has 0 bridgehead atoms. The van der Waals surface area contributed by atoms with Gasteiger partial charge in [0.2, 0.25) is 0 Å². The van der Waals surface area contributed by atoms with Crippen LogP contribution >= 0.6 is 27.3 Å². The smallest absolute Gasteiger partial charge is 0.0413 e. The van der Waals surface area contributed by atoms with Gasteiger partial charge in [0.15, 0.2) is 0 Å². The molecule has 0 aliphatic rings. The highest BCUT2D eigenvalue weighted by atomic mass is 79.9. The molecule has 0 amide bonds. The summed E-state index contributed by atoms with van der Waals surface area (Å²) in [6.45, 7) is 3.06. The Morgan fingerprint density at radius 2 is 2.11 bits per heavy atom. The Hall–Kier alpha value is -0.840. The summed E-state index contributed by atoms with van der Waals surface area (Å²) in [6.07, 6.45) is 0. The Bertz CT molecular complexity index is 490. The number of halogens is 1. The molecule has 0 spiro atoms. The van der Waals surface area contributed by atoms with Crippen molar-refractivity contribution in [3.05, 3.63) is 50.6 Å². The summed E-state index contributed by atoms with van der Waals surface area (Å²) in [5.41, 5.74) is 8.03. The van der Waals surface area contributed by atoms with Crippen molar-refractivity contribution < 1.29 is 0 Å². The molecule has 0 radical (unpaired) electrons. The Labute approximate surface area is 121 Å². The molecule has 0 aliphatic heterocycles. The van der Waals surface area contributed by atoms with Crippen molar-refractivity contribution in [2.75, 3.05) is 12.8 Å². The number of hydrogen-bond acceptors (Lipinski definition) is 3. The molecule has 0 aliphatic carbocycles. The third-order valence-corrected chi connectivity index (χ3v) is 4.96. The number of rotatable bonds is 4. The van der Waals surface area contributed by atoms with Crippen LogP contribution < -0.4 is 5.73 Å². The lowest BCUT2D eigenvalue weighted by Gasteiger charge is -2.25. The third kappa shape index (κ3) is 2.94. The van der Waals surface area contributed by atoms with Gasteiger partial charge in [-0.3, -0.25) is 4.90 Å². The van der Waals surface area contributed by atoms with Crippen LogP contribution in [0, 0.1) is 0 Å². The number of thiophene rings is 1. The van der Waals surface area contributed by atoms with Crippen molar-refractivity contribution >= 4 is 33.0 Å². The van der Waals surface area contributed by atoms with Crippen LogP contribution in [0.5, 0.6) is 0 Å². The van der Waals surface area contributed by atoms with Gasteiger partial charge in [-0.15, -0.1) is 11.3 Å². The summed E-state index contributed by atoms with van der Waals surface area (Å²) in [5.74, 6) is 0. The topological polar surface area (TPSA) is 29.3 Å². The average Bonchev–Trinajstić information content (AvgIpc) is 2.86. The molecule has 18 heavy (non-hydrogen) atoms. The predicted octanol–water partition coefficient (Wildman–Crippen LogP) is 4.29. The maximum absolute atomic E-state index is 6.03. The van der Waals surface area contributed by atoms with E-state index in [0.29, 0.717) is 6.04 Å². The molecular formula is C14H17BrN2S. The predicted molar refractivity (Wildman–Crippen MR) is 82.8 cm³/mol. The SMILES string of the molecule is CC(c1cccs1)N(C)Cc1c(N)cccc1Br. The molecule has 2 rings (SSSR count). The largest absolute Gasteiger partial charge is 0.398 e. The monoisotopic (exact) mass is 324 g/mol. The molecular weight excluding hydrogens is 308 g/mol. The first-order valence-corrected chi connectivity index (χ1v) is 7.53. The Balaban J connectivity index is 2.14. The fraction of sp³-hybridized carbons (Fsp3) is 0.286. The van der Waals surface area contributed by atoms with Crippen molar-refractivity contribution in [3.63, 3.8) is 0 Å². The molecule has 96 valence electrons. The van der Waals surface area contributed by atoms with Gasteiger partial charge in [-0.25, -0.2) is 0 Å². The molecule has 0 saturated carbocycles. The zero-order chi connectivity index (χ0) is 13.1. The summed E-state index contributed by atoms with van der Waals surface area (Å²) >= 11 is 5.36. The van der Waals surface area contributed by atoms with Crippen molar-refractivity contribution in [3.8, 4) is 0 Å². The van der Waals surface area contributed by atoms with Gasteiger partial charge in [0.1, 0.15) is 0 Å². The number of nitrogens with zero attached hydrogens (tertiary/aromatic N) is 1. The fourth-order valence-corrected chi connectivity index (χ4v) is 3.23. The van der Waals surface area contributed by atoms with Crippen molar-refractivity contribution in [2.45, 2.75) is 19.5 Å². The first-order valence-electron chi connectivity index (χ1n) is 5.86. The van der Waals surface area contributed by atoms with Crippen LogP contribution in [-0.4, -0.2) is 11.9 Å². The molecule has 1 aromatic carbocycles. The van der Waals surface area contributed by atoms with Crippen LogP contribution in [0.4, 0.5) is 5.69 Å². The Morgan fingerprint density at radius 3 is 2.72 bits per heavy atom. The quantitative estimate of drug-likeness (QED) is 0.850. The minimum Gasteiger partial charge on any atom is -0.398 e. The van der Waals surface area contributed by atoms with Gasteiger partial charge in [0.05, 0.1) is 0 Å². The van der Waals surface area contributed by atoms with E-state index < -0.39 is 0 Å². The van der Waals surface area contributed by atoms with Crippen molar-refractivity contribution in [1.82, 2.24) is 4.90 Å². The summed E-state index contributed by atoms with van der Waals surface area (Å²) in [5, 5.41) is 2.12. The normalized spacial score (nSPS) is 12.9. The van der Waals surface area contributed by atoms with Crippen LogP contribution in [0.1, 0.15) is 23.4 Å². The van der Waals surface area contributed by atoms with Gasteiger partial charge in [-0.05, 0) is 37.6 Å². The molecule has 0 fully saturated rings. The fourth-order valence-electron chi connectivity index (χ4n) is 1.87. The van der Waals surface area contributed by atoms with Gasteiger partial charge in [-0.1, -0.05) is 28.1 Å². The van der Waals surface area contributed by atoms with Gasteiger partial charge < -0.3 is 5.73 Å². The number of nitrogens with two attached hydrogens (primary N) is 1. The second-order valence-corrected chi connectivity index (χ2v) is 6.25. The molecule has 1 unspecified atom stereocenters. The standard InChI is InChI=1S/C14H17BrN2S/c1-10(14-7-4-8-18-14)17(2)9-11-12(15)5-3-6-13(11)16/h3-8,10H,9,16H2,1-2H3. The van der Waals surface area contributed by atoms with Crippen LogP contribution in [0.2, 0.25) is 0 Å². The van der Waals surface area contributed by atoms with E-state index in [4.69, 9.17) is 5.73 Å². The zero-order valence-electron chi connectivity index (χ0n) is 10.6. The molecule has 0 saturated heterocycles. The van der Waals surface area contributed by atoms with Crippen molar-refractivity contribution in [2.24, 2.45) is 0 Å². The molecule has 2 aromatic rings. The molecule has 4 heteroatoms. The zero-order valence-corrected chi connectivity index (χ0v) is 13.0. The number of hydrogen-bond donors (Lipinski definition) is 1. The van der Waals surface area contributed by atoms with E-state index in [1.807, 2.05) is 18.2 Å². The Morgan fingerprint density at radius 1 is 1.33 bits per heavy atom. The summed E-state index contributed by atoms with van der Waals surface area (Å²) < 4.78 is 1.08. The van der Waals surface area contributed by atoms with E-state index in [1.54, 1.807) is 11.3 Å². The van der Waals surface area contributed by atoms with E-state index in [2.05, 4.69) is 52.3 Å². The first kappa shape index (κ1) is 13.6. The average molecular weight is 325 g/mol. The molecule has 2 N–H and O–H groups in total. The van der Waals surface area contributed by atoms with Gasteiger partial charge in [-0.2, -0.15) is 0 Å². The number of benzene rings is 1. The number of nitrogen functional groups attached to an aromatic ring is 1. The minimum atomic E-state index is 0.400. The van der Waals surface area contributed by atoms with Gasteiger partial charge >= 0.3 is 0 Å². The van der Waals surface area contributed by atoms with E-state index in [9.17, 15) is 0 Å². The minimum absolute atomic E-state index is 0.400. The maximum Gasteiger partial charge on any atom is 0.0413 e. The van der Waals surface area contributed by atoms with Crippen molar-refractivity contribution in [1.29, 1.82) is 0 Å². The van der Waals surface area contributed by atoms with E-state index >= 15 is 0 Å². The molecule has 1 aromatic heterocycles.